The Morgan fingerprint density at radius 3 is 2.68 bits per heavy atom. The zero-order valence-electron chi connectivity index (χ0n) is 13.4. The number of hydrogen-bond donors (Lipinski definition) is 2. The number of alkyl halides is 3. The van der Waals surface area contributed by atoms with Crippen LogP contribution in [0, 0.1) is 0 Å². The lowest BCUT2D eigenvalue weighted by Crippen LogP contribution is -2.44. The van der Waals surface area contributed by atoms with Crippen LogP contribution in [0.5, 0.6) is 0 Å². The van der Waals surface area contributed by atoms with Crippen LogP contribution in [0.25, 0.3) is 0 Å². The Labute approximate surface area is 142 Å². The second kappa shape index (κ2) is 6.49. The molecule has 7 nitrogen and oxygen atoms in total. The van der Waals surface area contributed by atoms with Crippen molar-refractivity contribution in [2.75, 3.05) is 18.4 Å². The molecule has 1 saturated carbocycles. The summed E-state index contributed by atoms with van der Waals surface area (Å²) in [5.41, 5.74) is -1.77. The molecule has 0 unspecified atom stereocenters. The van der Waals surface area contributed by atoms with Crippen LogP contribution in [0.15, 0.2) is 12.3 Å². The average Bonchev–Trinajstić information content (AvgIpc) is 3.11. The van der Waals surface area contributed by atoms with Crippen LogP contribution in [-0.4, -0.2) is 45.4 Å². The van der Waals surface area contributed by atoms with Gasteiger partial charge in [0, 0.05) is 19.3 Å². The first-order valence-corrected chi connectivity index (χ1v) is 8.10. The third kappa shape index (κ3) is 3.52. The zero-order chi connectivity index (χ0) is 18.1. The topological polar surface area (TPSA) is 87.2 Å². The normalized spacial score (nSPS) is 19.6. The molecular weight excluding hydrogens is 339 g/mol. The van der Waals surface area contributed by atoms with Crippen molar-refractivity contribution >= 4 is 17.9 Å². The maximum Gasteiger partial charge on any atom is 0.433 e. The van der Waals surface area contributed by atoms with E-state index in [1.165, 1.54) is 4.90 Å². The summed E-state index contributed by atoms with van der Waals surface area (Å²) in [6.07, 6.45) is 0.0146. The smallest absolute Gasteiger partial charge is 0.354 e. The maximum absolute atomic E-state index is 12.6. The van der Waals surface area contributed by atoms with Crippen LogP contribution in [0.1, 0.15) is 37.8 Å². The van der Waals surface area contributed by atoms with Gasteiger partial charge in [-0.05, 0) is 25.3 Å². The predicted octanol–water partition coefficient (Wildman–Crippen LogP) is 2.16. The largest absolute Gasteiger partial charge is 0.433 e. The molecule has 2 fully saturated rings. The predicted molar refractivity (Wildman–Crippen MR) is 81.6 cm³/mol. The molecule has 3 amide bonds. The van der Waals surface area contributed by atoms with Crippen LogP contribution in [0.2, 0.25) is 0 Å². The molecule has 0 aromatic carbocycles. The first-order chi connectivity index (χ1) is 11.8. The third-order valence-electron chi connectivity index (χ3n) is 4.49. The van der Waals surface area contributed by atoms with Gasteiger partial charge in [-0.2, -0.15) is 13.2 Å². The number of urea groups is 1. The van der Waals surface area contributed by atoms with Crippen LogP contribution < -0.4 is 10.6 Å². The Bertz CT molecular complexity index is 673. The van der Waals surface area contributed by atoms with Gasteiger partial charge < -0.3 is 10.6 Å². The number of rotatable bonds is 5. The number of anilines is 1. The summed E-state index contributed by atoms with van der Waals surface area (Å²) in [5.74, 6) is -0.343. The quantitative estimate of drug-likeness (QED) is 0.623. The summed E-state index contributed by atoms with van der Waals surface area (Å²) >= 11 is 0. The molecule has 0 radical (unpaired) electrons. The highest BCUT2D eigenvalue weighted by molar-refractivity contribution is 6.07. The van der Waals surface area contributed by atoms with Crippen molar-refractivity contribution in [3.63, 3.8) is 0 Å². The molecule has 2 aliphatic rings. The van der Waals surface area contributed by atoms with Crippen molar-refractivity contribution in [2.45, 2.75) is 43.8 Å². The van der Waals surface area contributed by atoms with Crippen molar-refractivity contribution in [1.29, 1.82) is 0 Å². The van der Waals surface area contributed by atoms with E-state index < -0.39 is 23.4 Å². The molecule has 0 bridgehead atoms. The summed E-state index contributed by atoms with van der Waals surface area (Å²) < 4.78 is 37.8. The molecule has 1 aromatic rings. The second-order valence-corrected chi connectivity index (χ2v) is 6.22. The van der Waals surface area contributed by atoms with E-state index in [4.69, 9.17) is 0 Å². The molecule has 1 aliphatic heterocycles. The Kier molecular flexibility index (Phi) is 4.53. The molecular formula is C15H18F3N5O2. The SMILES string of the molecule is O=C1NC2(CCCC2)C(=O)N1CCCNc1nccc(C(F)(F)F)n1. The lowest BCUT2D eigenvalue weighted by atomic mass is 9.98. The van der Waals surface area contributed by atoms with Gasteiger partial charge in [0.05, 0.1) is 0 Å². The van der Waals surface area contributed by atoms with Crippen molar-refractivity contribution in [1.82, 2.24) is 20.2 Å². The van der Waals surface area contributed by atoms with Gasteiger partial charge in [-0.3, -0.25) is 9.69 Å². The van der Waals surface area contributed by atoms with Crippen molar-refractivity contribution in [3.8, 4) is 0 Å². The van der Waals surface area contributed by atoms with Crippen LogP contribution in [0.3, 0.4) is 0 Å². The minimum Gasteiger partial charge on any atom is -0.354 e. The summed E-state index contributed by atoms with van der Waals surface area (Å²) in [7, 11) is 0. The van der Waals surface area contributed by atoms with E-state index in [0.29, 0.717) is 19.3 Å². The number of amides is 3. The zero-order valence-corrected chi connectivity index (χ0v) is 13.4. The Hall–Kier alpha value is -2.39. The molecule has 1 spiro atoms. The molecule has 25 heavy (non-hydrogen) atoms. The number of carbonyl (C=O) groups excluding carboxylic acids is 2. The fraction of sp³-hybridized carbons (Fsp3) is 0.600. The van der Waals surface area contributed by atoms with Gasteiger partial charge >= 0.3 is 12.2 Å². The number of carbonyl (C=O) groups is 2. The number of nitrogens with zero attached hydrogens (tertiary/aromatic N) is 3. The van der Waals surface area contributed by atoms with Gasteiger partial charge in [0.1, 0.15) is 11.2 Å². The van der Waals surface area contributed by atoms with Crippen LogP contribution >= 0.6 is 0 Å². The van der Waals surface area contributed by atoms with E-state index in [1.807, 2.05) is 0 Å². The third-order valence-corrected chi connectivity index (χ3v) is 4.49. The average molecular weight is 357 g/mol. The molecule has 3 rings (SSSR count). The number of imide groups is 1. The summed E-state index contributed by atoms with van der Waals surface area (Å²) in [4.78, 5) is 32.7. The molecule has 2 heterocycles. The highest BCUT2D eigenvalue weighted by atomic mass is 19.4. The first kappa shape index (κ1) is 17.4. The number of halogens is 3. The van der Waals surface area contributed by atoms with E-state index >= 15 is 0 Å². The minimum absolute atomic E-state index is 0.140. The molecule has 10 heteroatoms. The van der Waals surface area contributed by atoms with E-state index in [1.54, 1.807) is 0 Å². The van der Waals surface area contributed by atoms with Gasteiger partial charge in [0.25, 0.3) is 5.91 Å². The number of aromatic nitrogens is 2. The van der Waals surface area contributed by atoms with Gasteiger partial charge in [-0.25, -0.2) is 14.8 Å². The Morgan fingerprint density at radius 1 is 1.28 bits per heavy atom. The Morgan fingerprint density at radius 2 is 2.00 bits per heavy atom. The van der Waals surface area contributed by atoms with Crippen LogP contribution in [-0.2, 0) is 11.0 Å². The van der Waals surface area contributed by atoms with Crippen molar-refractivity contribution in [3.05, 3.63) is 18.0 Å². The molecule has 1 aliphatic carbocycles. The van der Waals surface area contributed by atoms with E-state index in [9.17, 15) is 22.8 Å². The first-order valence-electron chi connectivity index (χ1n) is 8.10. The Balaban J connectivity index is 1.51. The van der Waals surface area contributed by atoms with E-state index in [2.05, 4.69) is 20.6 Å². The van der Waals surface area contributed by atoms with Gasteiger partial charge in [-0.15, -0.1) is 0 Å². The molecule has 1 saturated heterocycles. The standard InChI is InChI=1S/C15H18F3N5O2/c16-15(17,18)10-4-8-20-12(21-10)19-7-3-9-23-11(24)14(22-13(23)25)5-1-2-6-14/h4,8H,1-3,5-7,9H2,(H,22,25)(H,19,20,21). The van der Waals surface area contributed by atoms with E-state index in [-0.39, 0.29) is 24.9 Å². The minimum atomic E-state index is -4.53. The number of hydrogen-bond acceptors (Lipinski definition) is 5. The van der Waals surface area contributed by atoms with Gasteiger partial charge in [0.15, 0.2) is 0 Å². The lowest BCUT2D eigenvalue weighted by molar-refractivity contribution is -0.141. The van der Waals surface area contributed by atoms with E-state index in [0.717, 1.165) is 25.1 Å². The molecule has 2 N–H and O–H groups in total. The van der Waals surface area contributed by atoms with Crippen molar-refractivity contribution < 1.29 is 22.8 Å². The fourth-order valence-corrected chi connectivity index (χ4v) is 3.24. The van der Waals surface area contributed by atoms with Gasteiger partial charge in [0.2, 0.25) is 5.95 Å². The number of nitrogens with one attached hydrogen (secondary N) is 2. The molecule has 0 atom stereocenters. The summed E-state index contributed by atoms with van der Waals surface area (Å²) in [6.45, 7) is 0.434. The highest BCUT2D eigenvalue weighted by Crippen LogP contribution is 2.35. The highest BCUT2D eigenvalue weighted by Gasteiger charge is 2.51. The summed E-state index contributed by atoms with van der Waals surface area (Å²) in [5, 5.41) is 5.46. The lowest BCUT2D eigenvalue weighted by Gasteiger charge is -2.20. The fourth-order valence-electron chi connectivity index (χ4n) is 3.24. The second-order valence-electron chi connectivity index (χ2n) is 6.22. The molecule has 1 aromatic heterocycles. The maximum atomic E-state index is 12.6. The van der Waals surface area contributed by atoms with Crippen molar-refractivity contribution in [2.24, 2.45) is 0 Å². The monoisotopic (exact) mass is 357 g/mol. The van der Waals surface area contributed by atoms with Crippen LogP contribution in [0.4, 0.5) is 23.9 Å². The van der Waals surface area contributed by atoms with Gasteiger partial charge in [-0.1, -0.05) is 12.8 Å². The summed E-state index contributed by atoms with van der Waals surface area (Å²) in [6, 6.07) is 0.390. The molecule has 136 valence electrons.